The first-order chi connectivity index (χ1) is 9.43. The average Bonchev–Trinajstić information content (AvgIpc) is 2.39. The Morgan fingerprint density at radius 3 is 2.65 bits per heavy atom. The first kappa shape index (κ1) is 16.0. The summed E-state index contributed by atoms with van der Waals surface area (Å²) in [6.07, 6.45) is 0. The molecule has 0 saturated heterocycles. The molecule has 0 saturated carbocycles. The van der Waals surface area contributed by atoms with Crippen molar-refractivity contribution in [3.05, 3.63) is 29.6 Å². The molecule has 0 spiro atoms. The predicted octanol–water partition coefficient (Wildman–Crippen LogP) is 1.37. The molecule has 0 bridgehead atoms. The molecule has 0 aliphatic rings. The Morgan fingerprint density at radius 1 is 1.35 bits per heavy atom. The molecule has 20 heavy (non-hydrogen) atoms. The van der Waals surface area contributed by atoms with Gasteiger partial charge >= 0.3 is 11.9 Å². The van der Waals surface area contributed by atoms with E-state index in [0.29, 0.717) is 0 Å². The number of amides is 1. The van der Waals surface area contributed by atoms with E-state index in [1.54, 1.807) is 0 Å². The number of esters is 1. The van der Waals surface area contributed by atoms with Gasteiger partial charge in [-0.05, 0) is 18.2 Å². The fourth-order valence-corrected chi connectivity index (χ4v) is 1.83. The van der Waals surface area contributed by atoms with Crippen molar-refractivity contribution in [2.24, 2.45) is 0 Å². The molecule has 0 aliphatic carbocycles. The zero-order valence-electron chi connectivity index (χ0n) is 10.5. The minimum atomic E-state index is -1.02. The van der Waals surface area contributed by atoms with Crippen LogP contribution in [0.1, 0.15) is 10.4 Å². The largest absolute Gasteiger partial charge is 0.481 e. The molecular formula is C12H12FNO5S. The van der Waals surface area contributed by atoms with Crippen LogP contribution in [0.3, 0.4) is 0 Å². The number of halogens is 1. The van der Waals surface area contributed by atoms with Gasteiger partial charge in [0.05, 0.1) is 24.2 Å². The number of carbonyl (C=O) groups excluding carboxylic acids is 2. The Morgan fingerprint density at radius 2 is 2.05 bits per heavy atom. The second-order valence-corrected chi connectivity index (χ2v) is 4.61. The van der Waals surface area contributed by atoms with Crippen molar-refractivity contribution in [2.75, 3.05) is 23.9 Å². The van der Waals surface area contributed by atoms with Crippen LogP contribution in [0.5, 0.6) is 0 Å². The van der Waals surface area contributed by atoms with Gasteiger partial charge in [-0.3, -0.25) is 9.59 Å². The van der Waals surface area contributed by atoms with Crippen LogP contribution in [0, 0.1) is 5.82 Å². The number of rotatable bonds is 6. The van der Waals surface area contributed by atoms with Crippen LogP contribution in [-0.2, 0) is 14.3 Å². The number of anilines is 1. The molecule has 108 valence electrons. The number of carbonyl (C=O) groups is 3. The number of ether oxygens (including phenoxy) is 1. The molecule has 0 atom stereocenters. The number of hydrogen-bond acceptors (Lipinski definition) is 5. The summed E-state index contributed by atoms with van der Waals surface area (Å²) in [5, 5.41) is 10.9. The lowest BCUT2D eigenvalue weighted by Crippen LogP contribution is -2.16. The third kappa shape index (κ3) is 4.88. The van der Waals surface area contributed by atoms with Gasteiger partial charge in [-0.1, -0.05) is 0 Å². The van der Waals surface area contributed by atoms with Crippen LogP contribution in [0.15, 0.2) is 18.2 Å². The van der Waals surface area contributed by atoms with Crippen LogP contribution < -0.4 is 5.32 Å². The molecule has 1 aromatic carbocycles. The van der Waals surface area contributed by atoms with Crippen molar-refractivity contribution in [3.8, 4) is 0 Å². The number of thioether (sulfide) groups is 1. The van der Waals surface area contributed by atoms with Gasteiger partial charge in [-0.2, -0.15) is 0 Å². The molecule has 1 amide bonds. The van der Waals surface area contributed by atoms with Crippen molar-refractivity contribution in [1.82, 2.24) is 0 Å². The van der Waals surface area contributed by atoms with Gasteiger partial charge in [0, 0.05) is 5.69 Å². The van der Waals surface area contributed by atoms with E-state index in [4.69, 9.17) is 5.11 Å². The van der Waals surface area contributed by atoms with Gasteiger partial charge in [0.1, 0.15) is 5.82 Å². The second kappa shape index (κ2) is 7.49. The highest BCUT2D eigenvalue weighted by atomic mass is 32.2. The highest BCUT2D eigenvalue weighted by molar-refractivity contribution is 8.00. The Bertz CT molecular complexity index is 535. The molecule has 0 aliphatic heterocycles. The van der Waals surface area contributed by atoms with Crippen LogP contribution in [0.25, 0.3) is 0 Å². The van der Waals surface area contributed by atoms with Gasteiger partial charge in [-0.25, -0.2) is 9.18 Å². The number of hydrogen-bond donors (Lipinski definition) is 2. The van der Waals surface area contributed by atoms with Crippen LogP contribution >= 0.6 is 11.8 Å². The Balaban J connectivity index is 2.66. The summed E-state index contributed by atoms with van der Waals surface area (Å²) >= 11 is 0.930. The molecule has 0 radical (unpaired) electrons. The molecule has 0 fully saturated rings. The fourth-order valence-electron chi connectivity index (χ4n) is 1.30. The standard InChI is InChI=1S/C12H12FNO5S/c1-19-12(18)8-4-7(2-3-9(8)13)14-10(15)5-20-6-11(16)17/h2-4H,5-6H2,1H3,(H,14,15)(H,16,17). The van der Waals surface area contributed by atoms with E-state index < -0.39 is 23.7 Å². The third-order valence-corrected chi connectivity index (χ3v) is 3.03. The maximum atomic E-state index is 13.4. The molecule has 2 N–H and O–H groups in total. The van der Waals surface area contributed by atoms with Crippen molar-refractivity contribution >= 4 is 35.3 Å². The average molecular weight is 301 g/mol. The molecule has 6 nitrogen and oxygen atoms in total. The van der Waals surface area contributed by atoms with Crippen LogP contribution in [0.2, 0.25) is 0 Å². The minimum absolute atomic E-state index is 0.0583. The molecule has 0 heterocycles. The Labute approximate surface area is 118 Å². The molecule has 1 aromatic rings. The van der Waals surface area contributed by atoms with E-state index in [0.717, 1.165) is 31.0 Å². The molecule has 1 rings (SSSR count). The van der Waals surface area contributed by atoms with E-state index >= 15 is 0 Å². The third-order valence-electron chi connectivity index (χ3n) is 2.11. The SMILES string of the molecule is COC(=O)c1cc(NC(=O)CSCC(=O)O)ccc1F. The number of carboxylic acids is 1. The van der Waals surface area contributed by atoms with Crippen molar-refractivity contribution in [1.29, 1.82) is 0 Å². The fraction of sp³-hybridized carbons (Fsp3) is 0.250. The Kier molecular flexibility index (Phi) is 5.98. The molecular weight excluding hydrogens is 289 g/mol. The molecule has 0 aromatic heterocycles. The zero-order chi connectivity index (χ0) is 15.1. The van der Waals surface area contributed by atoms with Gasteiger partial charge in [0.25, 0.3) is 0 Å². The van der Waals surface area contributed by atoms with Gasteiger partial charge in [-0.15, -0.1) is 11.8 Å². The number of methoxy groups -OCH3 is 1. The van der Waals surface area contributed by atoms with Crippen molar-refractivity contribution in [3.63, 3.8) is 0 Å². The minimum Gasteiger partial charge on any atom is -0.481 e. The van der Waals surface area contributed by atoms with E-state index in [1.165, 1.54) is 6.07 Å². The lowest BCUT2D eigenvalue weighted by molar-refractivity contribution is -0.133. The smallest absolute Gasteiger partial charge is 0.340 e. The van der Waals surface area contributed by atoms with E-state index in [-0.39, 0.29) is 22.8 Å². The monoisotopic (exact) mass is 301 g/mol. The van der Waals surface area contributed by atoms with Crippen LogP contribution in [-0.4, -0.2) is 41.6 Å². The predicted molar refractivity (Wildman–Crippen MR) is 71.3 cm³/mol. The molecule has 8 heteroatoms. The first-order valence-corrected chi connectivity index (χ1v) is 6.56. The maximum Gasteiger partial charge on any atom is 0.340 e. The lowest BCUT2D eigenvalue weighted by Gasteiger charge is -2.07. The zero-order valence-corrected chi connectivity index (χ0v) is 11.3. The van der Waals surface area contributed by atoms with Crippen LogP contribution in [0.4, 0.5) is 10.1 Å². The van der Waals surface area contributed by atoms with E-state index in [9.17, 15) is 18.8 Å². The quantitative estimate of drug-likeness (QED) is 0.771. The summed E-state index contributed by atoms with van der Waals surface area (Å²) < 4.78 is 17.8. The highest BCUT2D eigenvalue weighted by Gasteiger charge is 2.13. The normalized spacial score (nSPS) is 9.90. The second-order valence-electron chi connectivity index (χ2n) is 3.62. The number of aliphatic carboxylic acids is 1. The topological polar surface area (TPSA) is 92.7 Å². The van der Waals surface area contributed by atoms with E-state index in [2.05, 4.69) is 10.1 Å². The summed E-state index contributed by atoms with van der Waals surface area (Å²) in [4.78, 5) is 33.1. The number of carboxylic acid groups (broad SMARTS) is 1. The van der Waals surface area contributed by atoms with E-state index in [1.807, 2.05) is 0 Å². The van der Waals surface area contributed by atoms with Gasteiger partial charge < -0.3 is 15.2 Å². The summed E-state index contributed by atoms with van der Waals surface area (Å²) in [6, 6.07) is 3.48. The van der Waals surface area contributed by atoms with Gasteiger partial charge in [0.2, 0.25) is 5.91 Å². The Hall–Kier alpha value is -2.09. The number of nitrogens with one attached hydrogen (secondary N) is 1. The summed E-state index contributed by atoms with van der Waals surface area (Å²) in [5.41, 5.74) is -0.0591. The first-order valence-electron chi connectivity index (χ1n) is 5.41. The maximum absolute atomic E-state index is 13.4. The van der Waals surface area contributed by atoms with Crippen molar-refractivity contribution < 1.29 is 28.6 Å². The summed E-state index contributed by atoms with van der Waals surface area (Å²) in [5.74, 6) is -3.31. The molecule has 0 unspecified atom stereocenters. The van der Waals surface area contributed by atoms with Gasteiger partial charge in [0.15, 0.2) is 0 Å². The highest BCUT2D eigenvalue weighted by Crippen LogP contribution is 2.16. The summed E-state index contributed by atoms with van der Waals surface area (Å²) in [7, 11) is 1.12. The summed E-state index contributed by atoms with van der Waals surface area (Å²) in [6.45, 7) is 0. The number of benzene rings is 1. The lowest BCUT2D eigenvalue weighted by atomic mass is 10.2. The van der Waals surface area contributed by atoms with Crippen molar-refractivity contribution in [2.45, 2.75) is 0 Å².